The number of hydrogen-bond acceptors (Lipinski definition) is 5. The molecule has 3 rings (SSSR count). The van der Waals surface area contributed by atoms with Gasteiger partial charge in [-0.25, -0.2) is 23.5 Å². The number of rotatable bonds is 5. The smallest absolute Gasteiger partial charge is 0.335 e. The number of carboxylic acid groups (broad SMARTS) is 1. The predicted octanol–water partition coefficient (Wildman–Crippen LogP) is 3.94. The molecule has 0 atom stereocenters. The zero-order valence-electron chi connectivity index (χ0n) is 12.7. The Hall–Kier alpha value is -3.55. The highest BCUT2D eigenvalue weighted by atomic mass is 19.1. The van der Waals surface area contributed by atoms with Crippen molar-refractivity contribution < 1.29 is 18.7 Å². The van der Waals surface area contributed by atoms with Crippen LogP contribution in [0.1, 0.15) is 10.4 Å². The molecule has 0 saturated carbocycles. The van der Waals surface area contributed by atoms with Gasteiger partial charge in [0.25, 0.3) is 0 Å². The van der Waals surface area contributed by atoms with Gasteiger partial charge in [-0.3, -0.25) is 0 Å². The molecule has 126 valence electrons. The third kappa shape index (κ3) is 3.86. The maximum Gasteiger partial charge on any atom is 0.335 e. The van der Waals surface area contributed by atoms with E-state index in [0.717, 1.165) is 12.1 Å². The van der Waals surface area contributed by atoms with E-state index in [1.807, 2.05) is 0 Å². The molecule has 0 saturated heterocycles. The number of aromatic carboxylic acids is 1. The number of nitrogens with zero attached hydrogens (tertiary/aromatic N) is 2. The van der Waals surface area contributed by atoms with E-state index in [2.05, 4.69) is 20.6 Å². The molecule has 3 N–H and O–H groups in total. The van der Waals surface area contributed by atoms with Crippen LogP contribution in [0.25, 0.3) is 0 Å². The van der Waals surface area contributed by atoms with Gasteiger partial charge in [-0.15, -0.1) is 0 Å². The highest BCUT2D eigenvalue weighted by Gasteiger charge is 2.10. The highest BCUT2D eigenvalue weighted by molar-refractivity contribution is 5.89. The van der Waals surface area contributed by atoms with Crippen LogP contribution in [-0.4, -0.2) is 21.0 Å². The minimum absolute atomic E-state index is 0.117. The van der Waals surface area contributed by atoms with Gasteiger partial charge in [-0.2, -0.15) is 0 Å². The number of aromatic nitrogens is 2. The third-order valence-electron chi connectivity index (χ3n) is 3.26. The van der Waals surface area contributed by atoms with Crippen molar-refractivity contribution in [3.63, 3.8) is 0 Å². The van der Waals surface area contributed by atoms with Gasteiger partial charge in [0.2, 0.25) is 0 Å². The van der Waals surface area contributed by atoms with Crippen LogP contribution in [0.5, 0.6) is 0 Å². The van der Waals surface area contributed by atoms with Gasteiger partial charge in [-0.05, 0) is 30.3 Å². The summed E-state index contributed by atoms with van der Waals surface area (Å²) in [5.74, 6) is -2.04. The fourth-order valence-electron chi connectivity index (χ4n) is 2.12. The minimum atomic E-state index is -1.05. The summed E-state index contributed by atoms with van der Waals surface area (Å²) in [6.07, 6.45) is 1.21. The summed E-state index contributed by atoms with van der Waals surface area (Å²) in [5, 5.41) is 14.5. The molecule has 0 aliphatic heterocycles. The molecule has 0 spiro atoms. The van der Waals surface area contributed by atoms with Crippen LogP contribution in [0.2, 0.25) is 0 Å². The second kappa shape index (κ2) is 6.91. The molecule has 0 aliphatic carbocycles. The summed E-state index contributed by atoms with van der Waals surface area (Å²) in [7, 11) is 0. The molecule has 2 aromatic carbocycles. The zero-order chi connectivity index (χ0) is 17.8. The van der Waals surface area contributed by atoms with Crippen molar-refractivity contribution in [2.75, 3.05) is 10.6 Å². The Morgan fingerprint density at radius 3 is 2.24 bits per heavy atom. The molecule has 1 heterocycles. The molecule has 0 aliphatic rings. The van der Waals surface area contributed by atoms with Gasteiger partial charge in [0.05, 0.1) is 5.56 Å². The summed E-state index contributed by atoms with van der Waals surface area (Å²) >= 11 is 0. The lowest BCUT2D eigenvalue weighted by Crippen LogP contribution is -2.02. The largest absolute Gasteiger partial charge is 0.478 e. The van der Waals surface area contributed by atoms with E-state index in [0.29, 0.717) is 11.5 Å². The number of carboxylic acids is 1. The van der Waals surface area contributed by atoms with E-state index in [9.17, 15) is 13.6 Å². The third-order valence-corrected chi connectivity index (χ3v) is 3.26. The maximum atomic E-state index is 13.7. The van der Waals surface area contributed by atoms with Crippen molar-refractivity contribution in [1.82, 2.24) is 9.97 Å². The van der Waals surface area contributed by atoms with Gasteiger partial charge in [-0.1, -0.05) is 12.1 Å². The molecule has 0 unspecified atom stereocenters. The number of carbonyl (C=O) groups is 1. The minimum Gasteiger partial charge on any atom is -0.478 e. The van der Waals surface area contributed by atoms with Crippen LogP contribution >= 0.6 is 0 Å². The maximum absolute atomic E-state index is 13.7. The average Bonchev–Trinajstić information content (AvgIpc) is 2.59. The topological polar surface area (TPSA) is 87.1 Å². The van der Waals surface area contributed by atoms with Crippen LogP contribution in [0.3, 0.4) is 0 Å². The lowest BCUT2D eigenvalue weighted by molar-refractivity contribution is 0.0697. The monoisotopic (exact) mass is 342 g/mol. The van der Waals surface area contributed by atoms with Gasteiger partial charge in [0, 0.05) is 11.8 Å². The Morgan fingerprint density at radius 1 is 0.920 bits per heavy atom. The van der Waals surface area contributed by atoms with E-state index in [1.165, 1.54) is 30.6 Å². The molecular formula is C17H12F2N4O2. The second-order valence-electron chi connectivity index (χ2n) is 5.02. The number of halogens is 2. The zero-order valence-corrected chi connectivity index (χ0v) is 12.7. The summed E-state index contributed by atoms with van der Waals surface area (Å²) in [6, 6.07) is 11.1. The number of benzene rings is 2. The molecule has 0 fully saturated rings. The number of para-hydroxylation sites is 1. The first-order valence-electron chi connectivity index (χ1n) is 7.16. The van der Waals surface area contributed by atoms with Crippen LogP contribution in [0.15, 0.2) is 54.9 Å². The highest BCUT2D eigenvalue weighted by Crippen LogP contribution is 2.24. The Kier molecular flexibility index (Phi) is 4.51. The van der Waals surface area contributed by atoms with E-state index < -0.39 is 17.6 Å². The van der Waals surface area contributed by atoms with Gasteiger partial charge in [0.1, 0.15) is 35.3 Å². The van der Waals surface area contributed by atoms with Gasteiger partial charge in [0.15, 0.2) is 0 Å². The van der Waals surface area contributed by atoms with Crippen molar-refractivity contribution in [2.24, 2.45) is 0 Å². The van der Waals surface area contributed by atoms with Gasteiger partial charge >= 0.3 is 5.97 Å². The van der Waals surface area contributed by atoms with E-state index >= 15 is 0 Å². The predicted molar refractivity (Wildman–Crippen MR) is 88.4 cm³/mol. The number of hydrogen-bond donors (Lipinski definition) is 3. The number of anilines is 4. The quantitative estimate of drug-likeness (QED) is 0.651. The van der Waals surface area contributed by atoms with Gasteiger partial charge < -0.3 is 15.7 Å². The van der Waals surface area contributed by atoms with E-state index in [1.54, 1.807) is 12.1 Å². The van der Waals surface area contributed by atoms with Crippen molar-refractivity contribution in [3.8, 4) is 0 Å². The Labute approximate surface area is 141 Å². The number of nitrogens with one attached hydrogen (secondary N) is 2. The fourth-order valence-corrected chi connectivity index (χ4v) is 2.12. The lowest BCUT2D eigenvalue weighted by atomic mass is 10.2. The Balaban J connectivity index is 1.82. The molecule has 25 heavy (non-hydrogen) atoms. The van der Waals surface area contributed by atoms with Crippen molar-refractivity contribution in [3.05, 3.63) is 72.1 Å². The molecule has 0 amide bonds. The Morgan fingerprint density at radius 2 is 1.56 bits per heavy atom. The van der Waals surface area contributed by atoms with Crippen molar-refractivity contribution >= 4 is 29.0 Å². The van der Waals surface area contributed by atoms with Crippen LogP contribution < -0.4 is 10.6 Å². The SMILES string of the molecule is O=C(O)c1cccc(Nc2cc(Nc3c(F)cccc3F)ncn2)c1. The average molecular weight is 342 g/mol. The van der Waals surface area contributed by atoms with Crippen LogP contribution in [0.4, 0.5) is 31.8 Å². The van der Waals surface area contributed by atoms with Crippen LogP contribution in [0, 0.1) is 11.6 Å². The summed E-state index contributed by atoms with van der Waals surface area (Å²) in [4.78, 5) is 18.9. The molecule has 6 nitrogen and oxygen atoms in total. The first-order valence-corrected chi connectivity index (χ1v) is 7.16. The molecular weight excluding hydrogens is 330 g/mol. The van der Waals surface area contributed by atoms with Crippen molar-refractivity contribution in [2.45, 2.75) is 0 Å². The molecule has 0 radical (unpaired) electrons. The molecule has 8 heteroatoms. The second-order valence-corrected chi connectivity index (χ2v) is 5.02. The molecule has 1 aromatic heterocycles. The fraction of sp³-hybridized carbons (Fsp3) is 0. The first-order chi connectivity index (χ1) is 12.0. The first kappa shape index (κ1) is 16.3. The summed E-state index contributed by atoms with van der Waals surface area (Å²) < 4.78 is 27.4. The van der Waals surface area contributed by atoms with Crippen molar-refractivity contribution in [1.29, 1.82) is 0 Å². The molecule has 3 aromatic rings. The summed E-state index contributed by atoms with van der Waals surface area (Å²) in [5.41, 5.74) is 0.299. The van der Waals surface area contributed by atoms with Crippen LogP contribution in [-0.2, 0) is 0 Å². The van der Waals surface area contributed by atoms with E-state index in [-0.39, 0.29) is 17.1 Å². The lowest BCUT2D eigenvalue weighted by Gasteiger charge is -2.10. The molecule has 0 bridgehead atoms. The summed E-state index contributed by atoms with van der Waals surface area (Å²) in [6.45, 7) is 0. The standard InChI is InChI=1S/C17H12F2N4O2/c18-12-5-2-6-13(19)16(12)23-15-8-14(20-9-21-15)22-11-4-1-3-10(7-11)17(24)25/h1-9H,(H,24,25)(H2,20,21,22,23). The normalized spacial score (nSPS) is 10.3. The Bertz CT molecular complexity index is 914. The van der Waals surface area contributed by atoms with E-state index in [4.69, 9.17) is 5.11 Å².